The Labute approximate surface area is 163 Å². The van der Waals surface area contributed by atoms with Crippen molar-refractivity contribution < 1.29 is 9.59 Å². The number of nitrogens with one attached hydrogen (secondary N) is 1. The third kappa shape index (κ3) is 4.45. The van der Waals surface area contributed by atoms with Crippen LogP contribution in [-0.4, -0.2) is 54.5 Å². The lowest BCUT2D eigenvalue weighted by atomic mass is 9.79. The molecule has 148 valence electrons. The van der Waals surface area contributed by atoms with Gasteiger partial charge in [-0.3, -0.25) is 4.79 Å². The van der Waals surface area contributed by atoms with Gasteiger partial charge in [-0.15, -0.1) is 0 Å². The van der Waals surface area contributed by atoms with E-state index in [9.17, 15) is 9.59 Å². The fourth-order valence-corrected chi connectivity index (χ4v) is 4.35. The number of urea groups is 1. The second-order valence-electron chi connectivity index (χ2n) is 9.04. The normalized spacial score (nSPS) is 19.8. The summed E-state index contributed by atoms with van der Waals surface area (Å²) >= 11 is 0. The van der Waals surface area contributed by atoms with Crippen LogP contribution in [0.15, 0.2) is 30.3 Å². The summed E-state index contributed by atoms with van der Waals surface area (Å²) in [6.45, 7) is 8.97. The second-order valence-corrected chi connectivity index (χ2v) is 9.04. The van der Waals surface area contributed by atoms with Crippen LogP contribution in [0.5, 0.6) is 0 Å². The van der Waals surface area contributed by atoms with Gasteiger partial charge in [0.25, 0.3) is 0 Å². The molecule has 5 heteroatoms. The minimum atomic E-state index is -0.366. The van der Waals surface area contributed by atoms with E-state index in [0.717, 1.165) is 12.8 Å². The molecule has 3 rings (SSSR count). The minimum Gasteiger partial charge on any atom is -0.339 e. The van der Waals surface area contributed by atoms with Crippen LogP contribution in [0.1, 0.15) is 52.0 Å². The number of carbonyl (C=O) groups excluding carboxylic acids is 2. The van der Waals surface area contributed by atoms with E-state index in [4.69, 9.17) is 0 Å². The van der Waals surface area contributed by atoms with E-state index in [1.807, 2.05) is 36.6 Å². The molecule has 5 nitrogen and oxygen atoms in total. The quantitative estimate of drug-likeness (QED) is 0.885. The summed E-state index contributed by atoms with van der Waals surface area (Å²) in [7, 11) is 0. The Morgan fingerprint density at radius 2 is 1.52 bits per heavy atom. The number of benzene rings is 1. The Balaban J connectivity index is 1.55. The van der Waals surface area contributed by atoms with Gasteiger partial charge >= 0.3 is 6.03 Å². The fraction of sp³-hybridized carbons (Fsp3) is 0.636. The number of hydrogen-bond donors (Lipinski definition) is 1. The van der Waals surface area contributed by atoms with E-state index < -0.39 is 0 Å². The molecule has 1 aliphatic carbocycles. The highest BCUT2D eigenvalue weighted by Crippen LogP contribution is 2.40. The first-order valence-corrected chi connectivity index (χ1v) is 10.2. The number of piperazine rings is 1. The highest BCUT2D eigenvalue weighted by Gasteiger charge is 2.36. The largest absolute Gasteiger partial charge is 0.339 e. The topological polar surface area (TPSA) is 52.7 Å². The first kappa shape index (κ1) is 19.7. The number of hydrogen-bond acceptors (Lipinski definition) is 2. The van der Waals surface area contributed by atoms with Crippen molar-refractivity contribution in [2.75, 3.05) is 32.7 Å². The average molecular weight is 372 g/mol. The molecule has 27 heavy (non-hydrogen) atoms. The Kier molecular flexibility index (Phi) is 5.78. The van der Waals surface area contributed by atoms with Crippen molar-refractivity contribution in [3.05, 3.63) is 35.9 Å². The number of nitrogens with zero attached hydrogens (tertiary/aromatic N) is 2. The highest BCUT2D eigenvalue weighted by atomic mass is 16.2. The standard InChI is InChI=1S/C22H33N3O2/c1-21(2,3)19(26)24-13-15-25(16-14-24)20(27)23-17-22(11-7-8-12-22)18-9-5-4-6-10-18/h4-6,9-10H,7-8,11-17H2,1-3H3,(H,23,27). The van der Waals surface area contributed by atoms with Crippen molar-refractivity contribution in [1.29, 1.82) is 0 Å². The van der Waals surface area contributed by atoms with Gasteiger partial charge in [0.05, 0.1) is 0 Å². The molecule has 1 aromatic carbocycles. The van der Waals surface area contributed by atoms with Crippen LogP contribution >= 0.6 is 0 Å². The molecule has 2 fully saturated rings. The summed E-state index contributed by atoms with van der Waals surface area (Å²) in [6.07, 6.45) is 4.70. The predicted octanol–water partition coefficient (Wildman–Crippen LogP) is 3.40. The van der Waals surface area contributed by atoms with Crippen LogP contribution in [0.25, 0.3) is 0 Å². The monoisotopic (exact) mass is 371 g/mol. The molecular weight excluding hydrogens is 338 g/mol. The zero-order valence-electron chi connectivity index (χ0n) is 17.0. The van der Waals surface area contributed by atoms with E-state index >= 15 is 0 Å². The first-order valence-electron chi connectivity index (χ1n) is 10.2. The molecule has 2 aliphatic rings. The Morgan fingerprint density at radius 3 is 2.07 bits per heavy atom. The second kappa shape index (κ2) is 7.91. The molecule has 1 saturated heterocycles. The van der Waals surface area contributed by atoms with Crippen LogP contribution in [0.2, 0.25) is 0 Å². The average Bonchev–Trinajstić information content (AvgIpc) is 3.16. The van der Waals surface area contributed by atoms with Crippen molar-refractivity contribution in [1.82, 2.24) is 15.1 Å². The lowest BCUT2D eigenvalue weighted by molar-refractivity contribution is -0.140. The molecule has 0 unspecified atom stereocenters. The van der Waals surface area contributed by atoms with Crippen molar-refractivity contribution in [2.45, 2.75) is 51.9 Å². The Morgan fingerprint density at radius 1 is 0.963 bits per heavy atom. The number of rotatable bonds is 3. The third-order valence-electron chi connectivity index (χ3n) is 6.02. The molecule has 0 bridgehead atoms. The summed E-state index contributed by atoms with van der Waals surface area (Å²) in [6, 6.07) is 10.6. The van der Waals surface area contributed by atoms with Gasteiger partial charge in [-0.1, -0.05) is 63.9 Å². The van der Waals surface area contributed by atoms with Gasteiger partial charge in [0.1, 0.15) is 0 Å². The van der Waals surface area contributed by atoms with Crippen molar-refractivity contribution >= 4 is 11.9 Å². The van der Waals surface area contributed by atoms with E-state index in [0.29, 0.717) is 32.7 Å². The highest BCUT2D eigenvalue weighted by molar-refractivity contribution is 5.82. The predicted molar refractivity (Wildman–Crippen MR) is 108 cm³/mol. The molecule has 0 aromatic heterocycles. The lowest BCUT2D eigenvalue weighted by Gasteiger charge is -2.38. The van der Waals surface area contributed by atoms with Crippen LogP contribution in [0.4, 0.5) is 4.79 Å². The SMILES string of the molecule is CC(C)(C)C(=O)N1CCN(C(=O)NCC2(c3ccccc3)CCCC2)CC1. The maximum absolute atomic E-state index is 12.7. The molecule has 1 heterocycles. The zero-order valence-corrected chi connectivity index (χ0v) is 17.0. The molecule has 0 spiro atoms. The molecule has 0 atom stereocenters. The maximum atomic E-state index is 12.7. The molecule has 1 aliphatic heterocycles. The fourth-order valence-electron chi connectivity index (χ4n) is 4.35. The van der Waals surface area contributed by atoms with Crippen LogP contribution in [-0.2, 0) is 10.2 Å². The van der Waals surface area contributed by atoms with Crippen LogP contribution in [0, 0.1) is 5.41 Å². The van der Waals surface area contributed by atoms with Gasteiger partial charge in [0.15, 0.2) is 0 Å². The number of carbonyl (C=O) groups is 2. The third-order valence-corrected chi connectivity index (χ3v) is 6.02. The summed E-state index contributed by atoms with van der Waals surface area (Å²) in [4.78, 5) is 28.8. The first-order chi connectivity index (χ1) is 12.8. The molecular formula is C22H33N3O2. The van der Waals surface area contributed by atoms with E-state index in [-0.39, 0.29) is 22.8 Å². The summed E-state index contributed by atoms with van der Waals surface area (Å²) in [5.74, 6) is 0.163. The minimum absolute atomic E-state index is 0.0000591. The molecule has 1 saturated carbocycles. The van der Waals surface area contributed by atoms with E-state index in [2.05, 4.69) is 29.6 Å². The Bertz CT molecular complexity index is 652. The van der Waals surface area contributed by atoms with Crippen molar-refractivity contribution in [3.63, 3.8) is 0 Å². The van der Waals surface area contributed by atoms with Gasteiger partial charge in [-0.05, 0) is 18.4 Å². The van der Waals surface area contributed by atoms with Gasteiger partial charge < -0.3 is 15.1 Å². The summed E-state index contributed by atoms with van der Waals surface area (Å²) in [5, 5.41) is 3.19. The molecule has 1 aromatic rings. The smallest absolute Gasteiger partial charge is 0.317 e. The van der Waals surface area contributed by atoms with Gasteiger partial charge in [-0.25, -0.2) is 4.79 Å². The van der Waals surface area contributed by atoms with E-state index in [1.54, 1.807) is 0 Å². The van der Waals surface area contributed by atoms with Gasteiger partial charge in [-0.2, -0.15) is 0 Å². The van der Waals surface area contributed by atoms with Gasteiger partial charge in [0, 0.05) is 43.6 Å². The summed E-state index contributed by atoms with van der Waals surface area (Å²) < 4.78 is 0. The van der Waals surface area contributed by atoms with Crippen LogP contribution in [0.3, 0.4) is 0 Å². The van der Waals surface area contributed by atoms with Crippen LogP contribution < -0.4 is 5.32 Å². The van der Waals surface area contributed by atoms with Crippen molar-refractivity contribution in [2.24, 2.45) is 5.41 Å². The van der Waals surface area contributed by atoms with Gasteiger partial charge in [0.2, 0.25) is 5.91 Å². The molecule has 3 amide bonds. The Hall–Kier alpha value is -2.04. The maximum Gasteiger partial charge on any atom is 0.317 e. The molecule has 1 N–H and O–H groups in total. The number of amides is 3. The lowest BCUT2D eigenvalue weighted by Crippen LogP contribution is -2.55. The summed E-state index contributed by atoms with van der Waals surface area (Å²) in [5.41, 5.74) is 1.04. The van der Waals surface area contributed by atoms with Crippen molar-refractivity contribution in [3.8, 4) is 0 Å². The molecule has 0 radical (unpaired) electrons. The van der Waals surface area contributed by atoms with E-state index in [1.165, 1.54) is 18.4 Å². The zero-order chi connectivity index (χ0) is 19.5.